The van der Waals surface area contributed by atoms with Gasteiger partial charge in [0.1, 0.15) is 12.1 Å². The minimum absolute atomic E-state index is 0.0716. The van der Waals surface area contributed by atoms with Crippen LogP contribution < -0.4 is 26.8 Å². The lowest BCUT2D eigenvalue weighted by Gasteiger charge is -2.38. The second kappa shape index (κ2) is 14.4. The molecule has 6 atom stereocenters. The molecule has 260 valence electrons. The number of hydrogen-bond acceptors (Lipinski definition) is 6. The monoisotopic (exact) mass is 654 g/mol. The van der Waals surface area contributed by atoms with Crippen LogP contribution in [0.2, 0.25) is 0 Å². The fourth-order valence-electron chi connectivity index (χ4n) is 6.53. The Labute approximate surface area is 278 Å². The zero-order valence-corrected chi connectivity index (χ0v) is 29.4. The van der Waals surface area contributed by atoms with Gasteiger partial charge in [-0.25, -0.2) is 4.79 Å². The number of nitrogens with one attached hydrogen (secondary N) is 4. The van der Waals surface area contributed by atoms with E-state index in [0.717, 1.165) is 0 Å². The standard InChI is InChI=1S/C35H54N6O6/c1-11-15-22(27(43)30(45)36-17-12-2)37-29(44)26-25-21(35(25,9)10)19-41(26)31(46)28(34(6,7)8)39-32(47)38-23(33(3,4)5)20-40-18-14-13-16-24(40)42/h12-14,16,18,21-23,25-26,28H,2,11,15,17,19-20H2,1,3-10H3,(H,36,45)(H,37,44)(H2,38,39,47)/t21-,22?,23?,25-,26-,28+/m0/s1. The quantitative estimate of drug-likeness (QED) is 0.189. The van der Waals surface area contributed by atoms with Crippen LogP contribution in [0, 0.1) is 28.1 Å². The van der Waals surface area contributed by atoms with E-state index in [2.05, 4.69) is 41.7 Å². The minimum atomic E-state index is -1.04. The van der Waals surface area contributed by atoms with Crippen molar-refractivity contribution in [3.8, 4) is 0 Å². The molecule has 2 heterocycles. The van der Waals surface area contributed by atoms with Gasteiger partial charge in [-0.05, 0) is 40.6 Å². The lowest BCUT2D eigenvalue weighted by molar-refractivity contribution is -0.145. The Bertz CT molecular complexity index is 1420. The average molecular weight is 655 g/mol. The molecule has 12 nitrogen and oxygen atoms in total. The van der Waals surface area contributed by atoms with Crippen molar-refractivity contribution in [3.05, 3.63) is 47.4 Å². The summed E-state index contributed by atoms with van der Waals surface area (Å²) in [6, 6.07) is 0.960. The molecule has 3 rings (SSSR count). The van der Waals surface area contributed by atoms with Gasteiger partial charge in [0.25, 0.3) is 11.5 Å². The van der Waals surface area contributed by atoms with Crippen LogP contribution in [0.5, 0.6) is 0 Å². The minimum Gasteiger partial charge on any atom is -0.346 e. The molecule has 0 bridgehead atoms. The van der Waals surface area contributed by atoms with Crippen LogP contribution in [0.3, 0.4) is 0 Å². The van der Waals surface area contributed by atoms with Gasteiger partial charge in [-0.15, -0.1) is 6.58 Å². The van der Waals surface area contributed by atoms with Gasteiger partial charge in [-0.2, -0.15) is 0 Å². The van der Waals surface area contributed by atoms with Gasteiger partial charge in [0, 0.05) is 31.9 Å². The molecule has 1 saturated heterocycles. The number of urea groups is 1. The van der Waals surface area contributed by atoms with E-state index in [1.54, 1.807) is 18.3 Å². The summed E-state index contributed by atoms with van der Waals surface area (Å²) in [6.45, 7) is 21.6. The van der Waals surface area contributed by atoms with Gasteiger partial charge < -0.3 is 30.7 Å². The zero-order chi connectivity index (χ0) is 35.5. The molecule has 2 aliphatic rings. The molecule has 0 aromatic carbocycles. The highest BCUT2D eigenvalue weighted by Crippen LogP contribution is 2.65. The van der Waals surface area contributed by atoms with Gasteiger partial charge in [0.15, 0.2) is 0 Å². The Balaban J connectivity index is 1.83. The first-order valence-corrected chi connectivity index (χ1v) is 16.5. The third kappa shape index (κ3) is 8.70. The second-order valence-corrected chi connectivity index (χ2v) is 15.6. The number of carbonyl (C=O) groups excluding carboxylic acids is 5. The van der Waals surface area contributed by atoms with Crippen molar-refractivity contribution in [2.24, 2.45) is 28.1 Å². The number of ketones is 1. The van der Waals surface area contributed by atoms with Gasteiger partial charge in [-0.3, -0.25) is 24.0 Å². The molecule has 1 aromatic heterocycles. The van der Waals surface area contributed by atoms with Crippen LogP contribution in [0.1, 0.15) is 75.2 Å². The average Bonchev–Trinajstić information content (AvgIpc) is 3.28. The molecule has 0 radical (unpaired) electrons. The molecule has 1 saturated carbocycles. The highest BCUT2D eigenvalue weighted by molar-refractivity contribution is 6.38. The molecule has 0 spiro atoms. The Hall–Kier alpha value is -3.96. The van der Waals surface area contributed by atoms with Gasteiger partial charge >= 0.3 is 6.03 Å². The molecule has 5 amide bonds. The van der Waals surface area contributed by atoms with E-state index in [1.807, 2.05) is 48.5 Å². The summed E-state index contributed by atoms with van der Waals surface area (Å²) in [5.74, 6) is -2.50. The maximum atomic E-state index is 14.3. The van der Waals surface area contributed by atoms with E-state index in [4.69, 9.17) is 0 Å². The van der Waals surface area contributed by atoms with Crippen LogP contribution in [0.15, 0.2) is 41.8 Å². The van der Waals surface area contributed by atoms with Crippen LogP contribution >= 0.6 is 0 Å². The molecule has 2 unspecified atom stereocenters. The number of rotatable bonds is 13. The van der Waals surface area contributed by atoms with Crippen LogP contribution in [-0.4, -0.2) is 76.3 Å². The lowest BCUT2D eigenvalue weighted by atomic mass is 9.85. The normalized spacial score (nSPS) is 21.8. The molecule has 1 aliphatic carbocycles. The van der Waals surface area contributed by atoms with Crippen LogP contribution in [0.25, 0.3) is 0 Å². The Morgan fingerprint density at radius 2 is 1.68 bits per heavy atom. The first-order chi connectivity index (χ1) is 21.7. The number of pyridine rings is 1. The topological polar surface area (TPSA) is 159 Å². The Morgan fingerprint density at radius 1 is 1.02 bits per heavy atom. The highest BCUT2D eigenvalue weighted by Gasteiger charge is 2.70. The Morgan fingerprint density at radius 3 is 2.23 bits per heavy atom. The van der Waals surface area contributed by atoms with E-state index in [0.29, 0.717) is 13.0 Å². The summed E-state index contributed by atoms with van der Waals surface area (Å²) < 4.78 is 1.53. The fourth-order valence-corrected chi connectivity index (χ4v) is 6.53. The predicted octanol–water partition coefficient (Wildman–Crippen LogP) is 2.62. The summed E-state index contributed by atoms with van der Waals surface area (Å²) in [4.78, 5) is 81.1. The first kappa shape index (κ1) is 37.5. The maximum Gasteiger partial charge on any atom is 0.315 e. The Kier molecular flexibility index (Phi) is 11.5. The number of aromatic nitrogens is 1. The van der Waals surface area contributed by atoms with E-state index in [-0.39, 0.29) is 42.3 Å². The van der Waals surface area contributed by atoms with E-state index >= 15 is 0 Å². The number of Topliss-reactive ketones (excluding diaryl/α,β-unsaturated/α-hetero) is 1. The lowest BCUT2D eigenvalue weighted by Crippen LogP contribution is -2.62. The largest absolute Gasteiger partial charge is 0.346 e. The molecule has 1 aromatic rings. The van der Waals surface area contributed by atoms with Crippen molar-refractivity contribution in [3.63, 3.8) is 0 Å². The molecular weight excluding hydrogens is 600 g/mol. The number of fused-ring (bicyclic) bond motifs is 1. The van der Waals surface area contributed by atoms with Crippen molar-refractivity contribution in [1.29, 1.82) is 0 Å². The van der Waals surface area contributed by atoms with Crippen molar-refractivity contribution in [2.45, 2.75) is 106 Å². The van der Waals surface area contributed by atoms with Crippen LogP contribution in [-0.2, 0) is 25.7 Å². The van der Waals surface area contributed by atoms with Crippen molar-refractivity contribution < 1.29 is 24.0 Å². The molecule has 12 heteroatoms. The van der Waals surface area contributed by atoms with Crippen LogP contribution in [0.4, 0.5) is 4.79 Å². The number of piperidine rings is 1. The maximum absolute atomic E-state index is 14.3. The number of carbonyl (C=O) groups is 5. The van der Waals surface area contributed by atoms with E-state index < -0.39 is 64.5 Å². The summed E-state index contributed by atoms with van der Waals surface area (Å²) in [5, 5.41) is 11.1. The smallest absolute Gasteiger partial charge is 0.315 e. The van der Waals surface area contributed by atoms with E-state index in [1.165, 1.54) is 21.6 Å². The number of hydrogen-bond donors (Lipinski definition) is 4. The van der Waals surface area contributed by atoms with Crippen molar-refractivity contribution in [2.75, 3.05) is 13.1 Å². The molecule has 47 heavy (non-hydrogen) atoms. The second-order valence-electron chi connectivity index (χ2n) is 15.6. The summed E-state index contributed by atoms with van der Waals surface area (Å²) in [7, 11) is 0. The number of amides is 5. The predicted molar refractivity (Wildman–Crippen MR) is 180 cm³/mol. The molecule has 4 N–H and O–H groups in total. The zero-order valence-electron chi connectivity index (χ0n) is 29.4. The summed E-state index contributed by atoms with van der Waals surface area (Å²) in [5.41, 5.74) is -1.53. The van der Waals surface area contributed by atoms with Crippen molar-refractivity contribution in [1.82, 2.24) is 30.7 Å². The van der Waals surface area contributed by atoms with Gasteiger partial charge in [0.05, 0.1) is 12.1 Å². The molecular formula is C35H54N6O6. The molecule has 2 fully saturated rings. The van der Waals surface area contributed by atoms with Crippen molar-refractivity contribution >= 4 is 29.5 Å². The third-order valence-corrected chi connectivity index (χ3v) is 9.62. The van der Waals surface area contributed by atoms with Gasteiger partial charge in [0.2, 0.25) is 17.6 Å². The summed E-state index contributed by atoms with van der Waals surface area (Å²) >= 11 is 0. The molecule has 1 aliphatic heterocycles. The summed E-state index contributed by atoms with van der Waals surface area (Å²) in [6.07, 6.45) is 3.94. The fraction of sp³-hybridized carbons (Fsp3) is 0.657. The third-order valence-electron chi connectivity index (χ3n) is 9.62. The van der Waals surface area contributed by atoms with Gasteiger partial charge in [-0.1, -0.05) is 80.9 Å². The number of likely N-dealkylation sites (tertiary alicyclic amines) is 1. The van der Waals surface area contributed by atoms with E-state index in [9.17, 15) is 28.8 Å². The number of nitrogens with zero attached hydrogens (tertiary/aromatic N) is 2. The SMILES string of the molecule is C=CCNC(=O)C(=O)C(CCC)NC(=O)[C@@H]1[C@@H]2[C@H](CN1C(=O)[C@@H](NC(=O)NC(Cn1ccccc1=O)C(C)(C)C)C(C)(C)C)C2(C)C. The highest BCUT2D eigenvalue weighted by atomic mass is 16.2. The first-order valence-electron chi connectivity index (χ1n) is 16.5.